The van der Waals surface area contributed by atoms with Crippen molar-refractivity contribution >= 4 is 6.41 Å². The van der Waals surface area contributed by atoms with Gasteiger partial charge in [-0.05, 0) is 24.5 Å². The van der Waals surface area contributed by atoms with Crippen LogP contribution < -0.4 is 10.1 Å². The Morgan fingerprint density at radius 1 is 1.35 bits per heavy atom. The molecule has 1 N–H and O–H groups in total. The van der Waals surface area contributed by atoms with Crippen molar-refractivity contribution in [3.63, 3.8) is 0 Å². The number of hydroxylamine groups is 2. The lowest BCUT2D eigenvalue weighted by atomic mass is 10.1. The van der Waals surface area contributed by atoms with E-state index in [0.29, 0.717) is 12.5 Å². The first kappa shape index (κ1) is 16.2. The molecule has 1 amide bonds. The summed E-state index contributed by atoms with van der Waals surface area (Å²) >= 11 is 0. The van der Waals surface area contributed by atoms with Crippen molar-refractivity contribution in [2.75, 3.05) is 26.4 Å². The Bertz CT molecular complexity index is 479. The van der Waals surface area contributed by atoms with E-state index < -0.39 is 0 Å². The second-order valence-corrected chi connectivity index (χ2v) is 6.04. The first-order valence-electron chi connectivity index (χ1n) is 8.24. The summed E-state index contributed by atoms with van der Waals surface area (Å²) in [5.74, 6) is 1.35. The van der Waals surface area contributed by atoms with Crippen LogP contribution in [0.15, 0.2) is 30.3 Å². The zero-order valence-corrected chi connectivity index (χ0v) is 13.2. The third kappa shape index (κ3) is 4.67. The fourth-order valence-corrected chi connectivity index (χ4v) is 3.05. The largest absolute Gasteiger partial charge is 0.493 e. The van der Waals surface area contributed by atoms with Crippen LogP contribution in [-0.2, 0) is 14.4 Å². The molecule has 3 atom stereocenters. The zero-order valence-electron chi connectivity index (χ0n) is 13.2. The summed E-state index contributed by atoms with van der Waals surface area (Å²) in [6, 6.07) is 9.76. The summed E-state index contributed by atoms with van der Waals surface area (Å²) in [6.45, 7) is 2.98. The average molecular weight is 320 g/mol. The summed E-state index contributed by atoms with van der Waals surface area (Å²) in [6.07, 6.45) is 3.38. The molecule has 0 aliphatic carbocycles. The van der Waals surface area contributed by atoms with Crippen LogP contribution >= 0.6 is 0 Å². The normalized spacial score (nSPS) is 27.9. The lowest BCUT2D eigenvalue weighted by Gasteiger charge is -2.24. The number of nitrogens with zero attached hydrogens (tertiary/aromatic N) is 1. The molecular weight excluding hydrogens is 296 g/mol. The third-order valence-corrected chi connectivity index (χ3v) is 4.29. The van der Waals surface area contributed by atoms with Crippen LogP contribution in [0.3, 0.4) is 0 Å². The number of carbonyl (C=O) groups excluding carboxylic acids is 1. The van der Waals surface area contributed by atoms with E-state index in [0.717, 1.165) is 51.2 Å². The van der Waals surface area contributed by atoms with Crippen molar-refractivity contribution in [3.05, 3.63) is 30.3 Å². The Labute approximate surface area is 136 Å². The van der Waals surface area contributed by atoms with E-state index in [9.17, 15) is 4.79 Å². The highest BCUT2D eigenvalue weighted by atomic mass is 16.7. The Balaban J connectivity index is 1.45. The maximum Gasteiger partial charge on any atom is 0.208 e. The molecule has 0 saturated carbocycles. The van der Waals surface area contributed by atoms with Gasteiger partial charge in [0.2, 0.25) is 6.41 Å². The van der Waals surface area contributed by atoms with E-state index >= 15 is 0 Å². The molecule has 0 bridgehead atoms. The molecule has 2 fully saturated rings. The summed E-state index contributed by atoms with van der Waals surface area (Å²) < 4.78 is 11.1. The SMILES string of the molecule is O=CNC1CC(CCOc2ccccc2)ON1CC1CCOC1. The van der Waals surface area contributed by atoms with Gasteiger partial charge >= 0.3 is 0 Å². The van der Waals surface area contributed by atoms with Gasteiger partial charge in [-0.2, -0.15) is 5.06 Å². The van der Waals surface area contributed by atoms with Gasteiger partial charge in [0.25, 0.3) is 0 Å². The van der Waals surface area contributed by atoms with Crippen LogP contribution in [0.4, 0.5) is 0 Å². The number of carbonyl (C=O) groups is 1. The number of rotatable bonds is 8. The van der Waals surface area contributed by atoms with E-state index in [1.165, 1.54) is 0 Å². The average Bonchev–Trinajstić information content (AvgIpc) is 3.20. The van der Waals surface area contributed by atoms with E-state index in [4.69, 9.17) is 14.3 Å². The zero-order chi connectivity index (χ0) is 15.9. The summed E-state index contributed by atoms with van der Waals surface area (Å²) in [4.78, 5) is 16.8. The Morgan fingerprint density at radius 3 is 2.96 bits per heavy atom. The van der Waals surface area contributed by atoms with E-state index in [2.05, 4.69) is 5.32 Å². The second-order valence-electron chi connectivity index (χ2n) is 6.04. The van der Waals surface area contributed by atoms with Crippen molar-refractivity contribution in [3.8, 4) is 5.75 Å². The monoisotopic (exact) mass is 320 g/mol. The quantitative estimate of drug-likeness (QED) is 0.737. The lowest BCUT2D eigenvalue weighted by Crippen LogP contribution is -2.42. The van der Waals surface area contributed by atoms with Gasteiger partial charge in [0, 0.05) is 26.0 Å². The number of hydrogen-bond acceptors (Lipinski definition) is 5. The first-order valence-corrected chi connectivity index (χ1v) is 8.24. The highest BCUT2D eigenvalue weighted by molar-refractivity contribution is 5.46. The molecule has 2 saturated heterocycles. The number of para-hydroxylation sites is 1. The number of benzene rings is 1. The van der Waals surface area contributed by atoms with Crippen molar-refractivity contribution in [2.45, 2.75) is 31.5 Å². The molecule has 23 heavy (non-hydrogen) atoms. The standard InChI is InChI=1S/C17H24N2O4/c20-13-18-17-10-16(7-9-22-15-4-2-1-3-5-15)23-19(17)11-14-6-8-21-12-14/h1-5,13-14,16-17H,6-12H2,(H,18,20). The molecule has 1 aromatic rings. The minimum absolute atomic E-state index is 0.0603. The minimum atomic E-state index is -0.0603. The van der Waals surface area contributed by atoms with Gasteiger partial charge in [-0.1, -0.05) is 18.2 Å². The molecule has 2 heterocycles. The Kier molecular flexibility index (Phi) is 5.85. The molecule has 1 aromatic carbocycles. The predicted molar refractivity (Wildman–Crippen MR) is 84.7 cm³/mol. The lowest BCUT2D eigenvalue weighted by molar-refractivity contribution is -0.176. The predicted octanol–water partition coefficient (Wildman–Crippen LogP) is 1.57. The summed E-state index contributed by atoms with van der Waals surface area (Å²) in [5, 5.41) is 4.75. The fraction of sp³-hybridized carbons (Fsp3) is 0.588. The minimum Gasteiger partial charge on any atom is -0.493 e. The van der Waals surface area contributed by atoms with Gasteiger partial charge in [0.05, 0.1) is 19.3 Å². The molecule has 2 aliphatic heterocycles. The van der Waals surface area contributed by atoms with Crippen molar-refractivity contribution in [2.24, 2.45) is 5.92 Å². The molecule has 3 rings (SSSR count). The molecule has 3 unspecified atom stereocenters. The van der Waals surface area contributed by atoms with Crippen LogP contribution in [0.25, 0.3) is 0 Å². The van der Waals surface area contributed by atoms with Crippen molar-refractivity contribution in [1.29, 1.82) is 0 Å². The van der Waals surface area contributed by atoms with Gasteiger partial charge in [-0.15, -0.1) is 0 Å². The van der Waals surface area contributed by atoms with Crippen molar-refractivity contribution in [1.82, 2.24) is 10.4 Å². The number of ether oxygens (including phenoxy) is 2. The van der Waals surface area contributed by atoms with Crippen LogP contribution in [0.2, 0.25) is 0 Å². The maximum absolute atomic E-state index is 10.8. The highest BCUT2D eigenvalue weighted by Crippen LogP contribution is 2.25. The molecule has 6 heteroatoms. The van der Waals surface area contributed by atoms with Gasteiger partial charge in [-0.25, -0.2) is 0 Å². The number of amides is 1. The van der Waals surface area contributed by atoms with Crippen molar-refractivity contribution < 1.29 is 19.1 Å². The van der Waals surface area contributed by atoms with E-state index in [1.54, 1.807) is 0 Å². The van der Waals surface area contributed by atoms with Gasteiger partial charge in [0.1, 0.15) is 11.9 Å². The Hall–Kier alpha value is -1.63. The smallest absolute Gasteiger partial charge is 0.208 e. The molecule has 126 valence electrons. The second kappa shape index (κ2) is 8.29. The fourth-order valence-electron chi connectivity index (χ4n) is 3.05. The summed E-state index contributed by atoms with van der Waals surface area (Å²) in [7, 11) is 0. The molecular formula is C17H24N2O4. The van der Waals surface area contributed by atoms with Crippen LogP contribution in [0.5, 0.6) is 5.75 Å². The molecule has 0 radical (unpaired) electrons. The van der Waals surface area contributed by atoms with E-state index in [-0.39, 0.29) is 12.3 Å². The van der Waals surface area contributed by atoms with Gasteiger partial charge in [-0.3, -0.25) is 9.63 Å². The summed E-state index contributed by atoms with van der Waals surface area (Å²) in [5.41, 5.74) is 0. The van der Waals surface area contributed by atoms with Gasteiger partial charge in [0.15, 0.2) is 0 Å². The third-order valence-electron chi connectivity index (χ3n) is 4.29. The van der Waals surface area contributed by atoms with Crippen LogP contribution in [0, 0.1) is 5.92 Å². The number of hydrogen-bond donors (Lipinski definition) is 1. The molecule has 6 nitrogen and oxygen atoms in total. The van der Waals surface area contributed by atoms with Crippen LogP contribution in [-0.4, -0.2) is 50.1 Å². The molecule has 2 aliphatic rings. The maximum atomic E-state index is 10.8. The topological polar surface area (TPSA) is 60.0 Å². The highest BCUT2D eigenvalue weighted by Gasteiger charge is 2.35. The van der Waals surface area contributed by atoms with E-state index in [1.807, 2.05) is 35.4 Å². The Morgan fingerprint density at radius 2 is 2.22 bits per heavy atom. The molecule has 0 spiro atoms. The first-order chi connectivity index (χ1) is 11.3. The molecule has 0 aromatic heterocycles. The number of nitrogens with one attached hydrogen (secondary N) is 1. The van der Waals surface area contributed by atoms with Crippen LogP contribution in [0.1, 0.15) is 19.3 Å². The van der Waals surface area contributed by atoms with Gasteiger partial charge < -0.3 is 14.8 Å².